The number of likely N-dealkylation sites (tertiary alicyclic amines) is 1. The number of hydrogen-bond acceptors (Lipinski definition) is 1. The largest absolute Gasteiger partial charge is 0.488 e. The summed E-state index contributed by atoms with van der Waals surface area (Å²) in [5.41, 5.74) is 0. The van der Waals surface area contributed by atoms with Crippen molar-refractivity contribution in [2.75, 3.05) is 26.2 Å². The van der Waals surface area contributed by atoms with Gasteiger partial charge >= 0.3 is 0 Å². The molecule has 0 aromatic heterocycles. The van der Waals surface area contributed by atoms with E-state index in [1.54, 1.807) is 4.90 Å². The lowest BCUT2D eigenvalue weighted by Gasteiger charge is -2.31. The van der Waals surface area contributed by atoms with Crippen molar-refractivity contribution in [1.29, 1.82) is 0 Å². The van der Waals surface area contributed by atoms with Crippen molar-refractivity contribution in [3.05, 3.63) is 29.3 Å². The first-order chi connectivity index (χ1) is 8.63. The van der Waals surface area contributed by atoms with E-state index in [9.17, 15) is 0 Å². The van der Waals surface area contributed by atoms with Crippen molar-refractivity contribution in [1.82, 2.24) is 0 Å². The Labute approximate surface area is 115 Å². The van der Waals surface area contributed by atoms with Gasteiger partial charge in [0.25, 0.3) is 0 Å². The minimum atomic E-state index is 0.756. The molecule has 0 bridgehead atoms. The normalized spacial score (nSPS) is 28.1. The number of ether oxygens (including phenoxy) is 1. The molecule has 1 N–H and O–H groups in total. The second kappa shape index (κ2) is 6.44. The van der Waals surface area contributed by atoms with E-state index in [2.05, 4.69) is 13.8 Å². The van der Waals surface area contributed by atoms with Gasteiger partial charge in [0.05, 0.1) is 13.1 Å². The van der Waals surface area contributed by atoms with E-state index in [4.69, 9.17) is 16.3 Å². The second-order valence-electron chi connectivity index (χ2n) is 5.66. The zero-order chi connectivity index (χ0) is 13.0. The molecule has 0 radical (unpaired) electrons. The van der Waals surface area contributed by atoms with Crippen LogP contribution in [0.4, 0.5) is 0 Å². The highest BCUT2D eigenvalue weighted by atomic mass is 35.5. The highest BCUT2D eigenvalue weighted by molar-refractivity contribution is 6.30. The highest BCUT2D eigenvalue weighted by Gasteiger charge is 2.24. The molecule has 1 aromatic carbocycles. The predicted octanol–water partition coefficient (Wildman–Crippen LogP) is 2.28. The molecule has 0 amide bonds. The Kier molecular flexibility index (Phi) is 4.90. The van der Waals surface area contributed by atoms with Crippen molar-refractivity contribution in [3.8, 4) is 5.75 Å². The molecule has 2 nitrogen and oxygen atoms in total. The Morgan fingerprint density at radius 1 is 1.17 bits per heavy atom. The van der Waals surface area contributed by atoms with Gasteiger partial charge in [-0.2, -0.15) is 0 Å². The Balaban J connectivity index is 1.73. The summed E-state index contributed by atoms with van der Waals surface area (Å²) in [7, 11) is 0. The van der Waals surface area contributed by atoms with Gasteiger partial charge in [0, 0.05) is 16.9 Å². The molecular weight excluding hydrogens is 246 g/mol. The van der Waals surface area contributed by atoms with Gasteiger partial charge in [0.1, 0.15) is 18.9 Å². The third-order valence-corrected chi connectivity index (χ3v) is 3.87. The number of piperidine rings is 1. The number of halogens is 1. The first-order valence-electron chi connectivity index (χ1n) is 6.85. The van der Waals surface area contributed by atoms with E-state index in [1.165, 1.54) is 19.5 Å². The first kappa shape index (κ1) is 13.7. The van der Waals surface area contributed by atoms with Crippen LogP contribution in [0, 0.1) is 11.8 Å². The first-order valence-corrected chi connectivity index (χ1v) is 7.23. The van der Waals surface area contributed by atoms with Gasteiger partial charge in [-0.25, -0.2) is 0 Å². The van der Waals surface area contributed by atoms with Crippen LogP contribution < -0.4 is 9.64 Å². The second-order valence-corrected chi connectivity index (χ2v) is 6.09. The maximum Gasteiger partial charge on any atom is 0.137 e. The van der Waals surface area contributed by atoms with Crippen LogP contribution in [0.15, 0.2) is 24.3 Å². The van der Waals surface area contributed by atoms with Crippen molar-refractivity contribution in [2.24, 2.45) is 11.8 Å². The molecular formula is C15H23ClNO+. The average molecular weight is 269 g/mol. The lowest BCUT2D eigenvalue weighted by Crippen LogP contribution is -3.14. The van der Waals surface area contributed by atoms with Gasteiger partial charge in [0.15, 0.2) is 0 Å². The SMILES string of the molecule is C[C@@H]1C[C@@H](C)C[NH+](CCOc2ccc(Cl)cc2)C1. The minimum absolute atomic E-state index is 0.756. The Hall–Kier alpha value is -0.730. The summed E-state index contributed by atoms with van der Waals surface area (Å²) in [6, 6.07) is 7.60. The quantitative estimate of drug-likeness (QED) is 0.885. The third kappa shape index (κ3) is 4.18. The van der Waals surface area contributed by atoms with Crippen LogP contribution in [-0.2, 0) is 0 Å². The van der Waals surface area contributed by atoms with E-state index in [0.29, 0.717) is 0 Å². The summed E-state index contributed by atoms with van der Waals surface area (Å²) < 4.78 is 5.75. The van der Waals surface area contributed by atoms with Crippen LogP contribution in [0.1, 0.15) is 20.3 Å². The molecule has 0 aliphatic carbocycles. The number of quaternary nitrogens is 1. The fourth-order valence-corrected chi connectivity index (χ4v) is 3.10. The van der Waals surface area contributed by atoms with Crippen LogP contribution in [0.3, 0.4) is 0 Å². The van der Waals surface area contributed by atoms with E-state index >= 15 is 0 Å². The lowest BCUT2D eigenvalue weighted by atomic mass is 9.92. The topological polar surface area (TPSA) is 13.7 Å². The van der Waals surface area contributed by atoms with Crippen LogP contribution >= 0.6 is 11.6 Å². The Bertz CT molecular complexity index is 355. The molecule has 1 saturated heterocycles. The van der Waals surface area contributed by atoms with Gasteiger partial charge in [-0.05, 0) is 30.7 Å². The fraction of sp³-hybridized carbons (Fsp3) is 0.600. The molecule has 3 heteroatoms. The molecule has 1 aliphatic rings. The van der Waals surface area contributed by atoms with Gasteiger partial charge in [-0.1, -0.05) is 25.4 Å². The summed E-state index contributed by atoms with van der Waals surface area (Å²) in [4.78, 5) is 1.68. The highest BCUT2D eigenvalue weighted by Crippen LogP contribution is 2.15. The monoisotopic (exact) mass is 268 g/mol. The van der Waals surface area contributed by atoms with Crippen LogP contribution in [0.5, 0.6) is 5.75 Å². The molecule has 0 unspecified atom stereocenters. The van der Waals surface area contributed by atoms with Gasteiger partial charge in [0.2, 0.25) is 0 Å². The molecule has 0 spiro atoms. The zero-order valence-electron chi connectivity index (χ0n) is 11.3. The molecule has 100 valence electrons. The summed E-state index contributed by atoms with van der Waals surface area (Å²) in [5, 5.41) is 0.756. The number of nitrogens with one attached hydrogen (secondary N) is 1. The van der Waals surface area contributed by atoms with E-state index < -0.39 is 0 Å². The molecule has 1 aliphatic heterocycles. The van der Waals surface area contributed by atoms with E-state index in [0.717, 1.165) is 35.8 Å². The van der Waals surface area contributed by atoms with Gasteiger partial charge < -0.3 is 9.64 Å². The molecule has 2 rings (SSSR count). The lowest BCUT2D eigenvalue weighted by molar-refractivity contribution is -0.912. The summed E-state index contributed by atoms with van der Waals surface area (Å²) in [5.74, 6) is 2.61. The van der Waals surface area contributed by atoms with Gasteiger partial charge in [-0.15, -0.1) is 0 Å². The summed E-state index contributed by atoms with van der Waals surface area (Å²) in [6.07, 6.45) is 1.38. The van der Waals surface area contributed by atoms with E-state index in [-0.39, 0.29) is 0 Å². The smallest absolute Gasteiger partial charge is 0.137 e. The number of rotatable bonds is 4. The van der Waals surface area contributed by atoms with Crippen molar-refractivity contribution in [3.63, 3.8) is 0 Å². The Morgan fingerprint density at radius 3 is 2.39 bits per heavy atom. The van der Waals surface area contributed by atoms with Crippen molar-refractivity contribution >= 4 is 11.6 Å². The van der Waals surface area contributed by atoms with Crippen molar-refractivity contribution in [2.45, 2.75) is 20.3 Å². The minimum Gasteiger partial charge on any atom is -0.488 e. The zero-order valence-corrected chi connectivity index (χ0v) is 12.0. The fourth-order valence-electron chi connectivity index (χ4n) is 2.97. The standard InChI is InChI=1S/C15H22ClNO/c1-12-9-13(2)11-17(10-12)7-8-18-15-5-3-14(16)4-6-15/h3-6,12-13H,7-11H2,1-2H3/p+1/t12-,13-/m1/s1. The summed E-state index contributed by atoms with van der Waals surface area (Å²) >= 11 is 5.84. The number of hydrogen-bond donors (Lipinski definition) is 1. The summed E-state index contributed by atoms with van der Waals surface area (Å²) in [6.45, 7) is 9.17. The molecule has 0 saturated carbocycles. The Morgan fingerprint density at radius 2 is 1.78 bits per heavy atom. The molecule has 1 heterocycles. The van der Waals surface area contributed by atoms with Crippen LogP contribution in [0.25, 0.3) is 0 Å². The number of benzene rings is 1. The molecule has 18 heavy (non-hydrogen) atoms. The van der Waals surface area contributed by atoms with Crippen LogP contribution in [0.2, 0.25) is 5.02 Å². The maximum atomic E-state index is 5.84. The molecule has 1 fully saturated rings. The average Bonchev–Trinajstić information content (AvgIpc) is 2.30. The van der Waals surface area contributed by atoms with Gasteiger partial charge in [-0.3, -0.25) is 0 Å². The van der Waals surface area contributed by atoms with Crippen LogP contribution in [-0.4, -0.2) is 26.2 Å². The predicted molar refractivity (Wildman–Crippen MR) is 75.5 cm³/mol. The molecule has 2 atom stereocenters. The maximum absolute atomic E-state index is 5.84. The third-order valence-electron chi connectivity index (χ3n) is 3.62. The molecule has 1 aromatic rings. The van der Waals surface area contributed by atoms with Crippen molar-refractivity contribution < 1.29 is 9.64 Å². The van der Waals surface area contributed by atoms with E-state index in [1.807, 2.05) is 24.3 Å².